The van der Waals surface area contributed by atoms with E-state index in [-0.39, 0.29) is 19.0 Å². The summed E-state index contributed by atoms with van der Waals surface area (Å²) in [7, 11) is -2.17. The summed E-state index contributed by atoms with van der Waals surface area (Å²) in [5, 5.41) is 2.84. The number of sulfonamides is 1. The first-order valence-electron chi connectivity index (χ1n) is 9.25. The first kappa shape index (κ1) is 22.6. The molecule has 2 amide bonds. The second-order valence-corrected chi connectivity index (χ2v) is 9.00. The van der Waals surface area contributed by atoms with E-state index >= 15 is 0 Å². The van der Waals surface area contributed by atoms with E-state index in [2.05, 4.69) is 5.32 Å². The summed E-state index contributed by atoms with van der Waals surface area (Å²) in [5.41, 5.74) is 1.80. The number of hydrogen-bond donors (Lipinski definition) is 1. The van der Waals surface area contributed by atoms with Gasteiger partial charge in [-0.15, -0.1) is 0 Å². The Morgan fingerprint density at radius 3 is 2.00 bits per heavy atom. The van der Waals surface area contributed by atoms with Crippen LogP contribution in [0.25, 0.3) is 0 Å². The van der Waals surface area contributed by atoms with E-state index < -0.39 is 22.0 Å². The molecule has 0 heterocycles. The zero-order valence-corrected chi connectivity index (χ0v) is 17.7. The summed E-state index contributed by atoms with van der Waals surface area (Å²) in [4.78, 5) is 27.0. The molecule has 0 unspecified atom stereocenters. The molecule has 1 N–H and O–H groups in total. The van der Waals surface area contributed by atoms with E-state index in [9.17, 15) is 18.0 Å². The number of nitrogens with one attached hydrogen (secondary N) is 1. The van der Waals surface area contributed by atoms with Crippen molar-refractivity contribution in [3.8, 4) is 0 Å². The molecule has 156 valence electrons. The van der Waals surface area contributed by atoms with Gasteiger partial charge in [-0.25, -0.2) is 8.42 Å². The molecule has 0 radical (unpaired) electrons. The molecule has 7 nitrogen and oxygen atoms in total. The molecule has 2 aromatic carbocycles. The maximum Gasteiger partial charge on any atom is 0.242 e. The molecule has 0 spiro atoms. The van der Waals surface area contributed by atoms with Gasteiger partial charge in [-0.2, -0.15) is 4.31 Å². The lowest BCUT2D eigenvalue weighted by Gasteiger charge is -2.30. The average molecular weight is 418 g/mol. The van der Waals surface area contributed by atoms with Crippen molar-refractivity contribution < 1.29 is 18.0 Å². The standard InChI is InChI=1S/C21H27N3O4S/c1-17(21(26)22-14-18-10-6-4-7-11-18)24(15-19-12-8-5-9-13-19)20(25)16-23(2)29(3,27)28/h4-13,17H,14-16H2,1-3H3,(H,22,26)/t17-/m1/s1. The van der Waals surface area contributed by atoms with E-state index in [0.29, 0.717) is 6.54 Å². The Morgan fingerprint density at radius 1 is 0.966 bits per heavy atom. The number of rotatable bonds is 9. The number of likely N-dealkylation sites (N-methyl/N-ethyl adjacent to an activating group) is 1. The highest BCUT2D eigenvalue weighted by atomic mass is 32.2. The average Bonchev–Trinajstić information content (AvgIpc) is 2.70. The minimum atomic E-state index is -3.51. The summed E-state index contributed by atoms with van der Waals surface area (Å²) in [6, 6.07) is 18.0. The molecule has 2 aromatic rings. The second kappa shape index (κ2) is 10.2. The number of nitrogens with zero attached hydrogens (tertiary/aromatic N) is 2. The maximum atomic E-state index is 12.9. The fourth-order valence-electron chi connectivity index (χ4n) is 2.69. The monoisotopic (exact) mass is 417 g/mol. The SMILES string of the molecule is C[C@H](C(=O)NCc1ccccc1)N(Cc1ccccc1)C(=O)CN(C)S(C)(=O)=O. The fourth-order valence-corrected chi connectivity index (χ4v) is 3.04. The van der Waals surface area contributed by atoms with Gasteiger partial charge < -0.3 is 10.2 Å². The van der Waals surface area contributed by atoms with Crippen LogP contribution in [0.15, 0.2) is 60.7 Å². The number of carbonyl (C=O) groups excluding carboxylic acids is 2. The van der Waals surface area contributed by atoms with E-state index in [1.54, 1.807) is 6.92 Å². The van der Waals surface area contributed by atoms with Crippen LogP contribution >= 0.6 is 0 Å². The third-order valence-electron chi connectivity index (χ3n) is 4.60. The highest BCUT2D eigenvalue weighted by molar-refractivity contribution is 7.88. The maximum absolute atomic E-state index is 12.9. The van der Waals surface area contributed by atoms with Crippen molar-refractivity contribution in [2.24, 2.45) is 0 Å². The smallest absolute Gasteiger partial charge is 0.242 e. The Labute approximate surface area is 172 Å². The number of amides is 2. The molecule has 0 saturated carbocycles. The van der Waals surface area contributed by atoms with Gasteiger partial charge in [-0.05, 0) is 18.1 Å². The minimum absolute atomic E-state index is 0.206. The molecule has 0 aliphatic heterocycles. The molecular weight excluding hydrogens is 390 g/mol. The Kier molecular flexibility index (Phi) is 7.92. The van der Waals surface area contributed by atoms with Crippen molar-refractivity contribution in [3.63, 3.8) is 0 Å². The molecule has 8 heteroatoms. The van der Waals surface area contributed by atoms with Gasteiger partial charge in [0.1, 0.15) is 6.04 Å². The van der Waals surface area contributed by atoms with Crippen molar-refractivity contribution in [1.82, 2.24) is 14.5 Å². The van der Waals surface area contributed by atoms with E-state index in [1.165, 1.54) is 11.9 Å². The molecule has 0 bridgehead atoms. The third-order valence-corrected chi connectivity index (χ3v) is 5.86. The Hall–Kier alpha value is -2.71. The van der Waals surface area contributed by atoms with Crippen molar-refractivity contribution in [2.75, 3.05) is 19.8 Å². The van der Waals surface area contributed by atoms with E-state index in [0.717, 1.165) is 21.7 Å². The van der Waals surface area contributed by atoms with Crippen LogP contribution in [0.4, 0.5) is 0 Å². The van der Waals surface area contributed by atoms with Crippen molar-refractivity contribution >= 4 is 21.8 Å². The third kappa shape index (κ3) is 6.99. The lowest BCUT2D eigenvalue weighted by atomic mass is 10.1. The zero-order chi connectivity index (χ0) is 21.4. The summed E-state index contributed by atoms with van der Waals surface area (Å²) in [6.07, 6.45) is 1.04. The molecule has 29 heavy (non-hydrogen) atoms. The molecule has 0 aliphatic rings. The van der Waals surface area contributed by atoms with Crippen molar-refractivity contribution in [1.29, 1.82) is 0 Å². The van der Waals surface area contributed by atoms with Crippen molar-refractivity contribution in [3.05, 3.63) is 71.8 Å². The van der Waals surface area contributed by atoms with Crippen LogP contribution < -0.4 is 5.32 Å². The highest BCUT2D eigenvalue weighted by Crippen LogP contribution is 2.11. The van der Waals surface area contributed by atoms with Gasteiger partial charge in [0, 0.05) is 20.1 Å². The van der Waals surface area contributed by atoms with Crippen LogP contribution in [0, 0.1) is 0 Å². The summed E-state index contributed by atoms with van der Waals surface area (Å²) in [5.74, 6) is -0.746. The topological polar surface area (TPSA) is 86.8 Å². The van der Waals surface area contributed by atoms with Crippen LogP contribution in [-0.2, 0) is 32.7 Å². The van der Waals surface area contributed by atoms with Gasteiger partial charge in [0.2, 0.25) is 21.8 Å². The van der Waals surface area contributed by atoms with Gasteiger partial charge >= 0.3 is 0 Å². The number of carbonyl (C=O) groups is 2. The minimum Gasteiger partial charge on any atom is -0.350 e. The molecule has 1 atom stereocenters. The lowest BCUT2D eigenvalue weighted by Crippen LogP contribution is -2.50. The van der Waals surface area contributed by atoms with Crippen LogP contribution in [0.5, 0.6) is 0 Å². The van der Waals surface area contributed by atoms with Crippen molar-refractivity contribution in [2.45, 2.75) is 26.1 Å². The lowest BCUT2D eigenvalue weighted by molar-refractivity contribution is -0.140. The fraction of sp³-hybridized carbons (Fsp3) is 0.333. The van der Waals surface area contributed by atoms with E-state index in [4.69, 9.17) is 0 Å². The normalized spacial score (nSPS) is 12.4. The largest absolute Gasteiger partial charge is 0.350 e. The summed E-state index contributed by atoms with van der Waals surface area (Å²) in [6.45, 7) is 1.86. The van der Waals surface area contributed by atoms with Gasteiger partial charge in [-0.1, -0.05) is 60.7 Å². The van der Waals surface area contributed by atoms with Crippen LogP contribution in [0.1, 0.15) is 18.1 Å². The first-order valence-corrected chi connectivity index (χ1v) is 11.1. The van der Waals surface area contributed by atoms with Gasteiger partial charge in [0.05, 0.1) is 12.8 Å². The van der Waals surface area contributed by atoms with Crippen LogP contribution in [-0.4, -0.2) is 55.3 Å². The predicted octanol–water partition coefficient (Wildman–Crippen LogP) is 1.61. The van der Waals surface area contributed by atoms with Gasteiger partial charge in [0.25, 0.3) is 0 Å². The second-order valence-electron chi connectivity index (χ2n) is 6.91. The van der Waals surface area contributed by atoms with E-state index in [1.807, 2.05) is 60.7 Å². The Morgan fingerprint density at radius 2 is 1.48 bits per heavy atom. The predicted molar refractivity (Wildman–Crippen MR) is 112 cm³/mol. The number of benzene rings is 2. The van der Waals surface area contributed by atoms with Crippen LogP contribution in [0.3, 0.4) is 0 Å². The zero-order valence-electron chi connectivity index (χ0n) is 16.9. The first-order chi connectivity index (χ1) is 13.7. The summed E-state index contributed by atoms with van der Waals surface area (Å²) >= 11 is 0. The summed E-state index contributed by atoms with van der Waals surface area (Å²) < 4.78 is 24.3. The van der Waals surface area contributed by atoms with Gasteiger partial charge in [0.15, 0.2) is 0 Å². The Balaban J connectivity index is 2.13. The molecule has 0 fully saturated rings. The van der Waals surface area contributed by atoms with Gasteiger partial charge in [-0.3, -0.25) is 9.59 Å². The number of hydrogen-bond acceptors (Lipinski definition) is 4. The molecule has 2 rings (SSSR count). The molecular formula is C21H27N3O4S. The quantitative estimate of drug-likeness (QED) is 0.672. The Bertz CT molecular complexity index is 917. The van der Waals surface area contributed by atoms with Crippen LogP contribution in [0.2, 0.25) is 0 Å². The molecule has 0 aliphatic carbocycles. The highest BCUT2D eigenvalue weighted by Gasteiger charge is 2.28. The molecule has 0 saturated heterocycles. The molecule has 0 aromatic heterocycles.